The molecule has 0 spiro atoms. The van der Waals surface area contributed by atoms with Crippen LogP contribution < -0.4 is 0 Å². The third kappa shape index (κ3) is 3.48. The van der Waals surface area contributed by atoms with Crippen molar-refractivity contribution in [2.45, 2.75) is 6.54 Å². The van der Waals surface area contributed by atoms with E-state index < -0.39 is 0 Å². The van der Waals surface area contributed by atoms with E-state index in [1.165, 1.54) is 5.56 Å². The maximum absolute atomic E-state index is 5.28. The fraction of sp³-hybridized carbons (Fsp3) is 0.115. The summed E-state index contributed by atoms with van der Waals surface area (Å²) in [6.45, 7) is 0.845. The molecule has 33 heavy (non-hydrogen) atoms. The number of H-pyrrole nitrogens is 2. The summed E-state index contributed by atoms with van der Waals surface area (Å²) < 4.78 is 5.28. The number of hydrogen-bond acceptors (Lipinski definition) is 5. The van der Waals surface area contributed by atoms with E-state index >= 15 is 0 Å². The molecule has 2 aromatic carbocycles. The van der Waals surface area contributed by atoms with E-state index in [2.05, 4.69) is 63.4 Å². The predicted molar refractivity (Wildman–Crippen MR) is 130 cm³/mol. The van der Waals surface area contributed by atoms with E-state index in [0.29, 0.717) is 0 Å². The molecule has 0 radical (unpaired) electrons. The molecule has 0 atom stereocenters. The van der Waals surface area contributed by atoms with Gasteiger partial charge < -0.3 is 14.3 Å². The number of imidazole rings is 1. The highest BCUT2D eigenvalue weighted by Gasteiger charge is 2.16. The number of benzene rings is 2. The molecule has 2 N–H and O–H groups in total. The van der Waals surface area contributed by atoms with Crippen molar-refractivity contribution in [3.63, 3.8) is 0 Å². The summed E-state index contributed by atoms with van der Waals surface area (Å²) in [5, 5.41) is 8.74. The minimum absolute atomic E-state index is 0.726. The second kappa shape index (κ2) is 7.72. The summed E-state index contributed by atoms with van der Waals surface area (Å²) in [6.07, 6.45) is 7.22. The van der Waals surface area contributed by atoms with Gasteiger partial charge >= 0.3 is 0 Å². The zero-order chi connectivity index (χ0) is 22.4. The van der Waals surface area contributed by atoms with Crippen molar-refractivity contribution in [3.8, 4) is 33.8 Å². The second-order valence-electron chi connectivity index (χ2n) is 8.45. The van der Waals surface area contributed by atoms with Gasteiger partial charge in [-0.15, -0.1) is 0 Å². The highest BCUT2D eigenvalue weighted by atomic mass is 16.3. The zero-order valence-corrected chi connectivity index (χ0v) is 18.3. The monoisotopic (exact) mass is 434 g/mol. The van der Waals surface area contributed by atoms with Gasteiger partial charge in [0, 0.05) is 41.0 Å². The Morgan fingerprint density at radius 1 is 0.939 bits per heavy atom. The normalized spacial score (nSPS) is 11.7. The molecule has 0 saturated heterocycles. The van der Waals surface area contributed by atoms with Crippen LogP contribution in [0, 0.1) is 0 Å². The van der Waals surface area contributed by atoms with Gasteiger partial charge in [0.1, 0.15) is 5.69 Å². The molecule has 0 bridgehead atoms. The van der Waals surface area contributed by atoms with Crippen LogP contribution in [0.3, 0.4) is 0 Å². The van der Waals surface area contributed by atoms with Crippen LogP contribution in [0.4, 0.5) is 0 Å². The first-order valence-electron chi connectivity index (χ1n) is 10.7. The number of hydrogen-bond donors (Lipinski definition) is 2. The van der Waals surface area contributed by atoms with Crippen LogP contribution in [-0.4, -0.2) is 44.1 Å². The van der Waals surface area contributed by atoms with Crippen LogP contribution in [-0.2, 0) is 6.54 Å². The van der Waals surface area contributed by atoms with Crippen molar-refractivity contribution in [3.05, 3.63) is 79.0 Å². The highest BCUT2D eigenvalue weighted by molar-refractivity contribution is 5.98. The molecule has 7 heteroatoms. The molecular weight excluding hydrogens is 412 g/mol. The van der Waals surface area contributed by atoms with Crippen molar-refractivity contribution in [2.24, 2.45) is 0 Å². The average molecular weight is 435 g/mol. The summed E-state index contributed by atoms with van der Waals surface area (Å²) in [5.74, 6) is 0.726. The number of pyridine rings is 1. The third-order valence-electron chi connectivity index (χ3n) is 5.76. The van der Waals surface area contributed by atoms with Gasteiger partial charge in [0.05, 0.1) is 29.1 Å². The molecule has 7 nitrogen and oxygen atoms in total. The number of aromatic nitrogens is 5. The number of nitrogens with zero attached hydrogens (tertiary/aromatic N) is 4. The molecule has 0 fully saturated rings. The fourth-order valence-electron chi connectivity index (χ4n) is 4.27. The Kier molecular flexibility index (Phi) is 4.55. The summed E-state index contributed by atoms with van der Waals surface area (Å²) in [7, 11) is 4.11. The molecule has 0 saturated carbocycles. The minimum Gasteiger partial charge on any atom is -0.472 e. The van der Waals surface area contributed by atoms with Gasteiger partial charge in [0.25, 0.3) is 0 Å². The Labute approximate surface area is 190 Å². The third-order valence-corrected chi connectivity index (χ3v) is 5.76. The van der Waals surface area contributed by atoms with Crippen molar-refractivity contribution in [1.82, 2.24) is 30.0 Å². The second-order valence-corrected chi connectivity index (χ2v) is 8.45. The number of rotatable bonds is 5. The average Bonchev–Trinajstić information content (AvgIpc) is 3.57. The van der Waals surface area contributed by atoms with Gasteiger partial charge in [-0.25, -0.2) is 4.98 Å². The maximum Gasteiger partial charge on any atom is 0.159 e. The van der Waals surface area contributed by atoms with Crippen LogP contribution in [0.25, 0.3) is 55.7 Å². The Balaban J connectivity index is 1.45. The van der Waals surface area contributed by atoms with Gasteiger partial charge in [-0.05, 0) is 55.6 Å². The van der Waals surface area contributed by atoms with Crippen molar-refractivity contribution >= 4 is 21.9 Å². The topological polar surface area (TPSA) is 86.6 Å². The lowest BCUT2D eigenvalue weighted by atomic mass is 10.0. The first-order valence-corrected chi connectivity index (χ1v) is 10.7. The summed E-state index contributed by atoms with van der Waals surface area (Å²) in [5.41, 5.74) is 8.96. The van der Waals surface area contributed by atoms with Crippen molar-refractivity contribution in [1.29, 1.82) is 0 Å². The highest BCUT2D eigenvalue weighted by Crippen LogP contribution is 2.33. The number of nitrogens with one attached hydrogen (secondary N) is 2. The van der Waals surface area contributed by atoms with Gasteiger partial charge in [-0.2, -0.15) is 5.10 Å². The van der Waals surface area contributed by atoms with Gasteiger partial charge in [-0.1, -0.05) is 18.2 Å². The van der Waals surface area contributed by atoms with Gasteiger partial charge in [0.15, 0.2) is 5.82 Å². The van der Waals surface area contributed by atoms with Crippen molar-refractivity contribution < 1.29 is 4.42 Å². The summed E-state index contributed by atoms with van der Waals surface area (Å²) in [4.78, 5) is 14.9. The molecule has 162 valence electrons. The Morgan fingerprint density at radius 2 is 1.88 bits per heavy atom. The largest absolute Gasteiger partial charge is 0.472 e. The SMILES string of the molecule is CN(C)Cc1cncc(-c2ccc3[nH]nc(-c4nc5c(-c6ccoc6)cccc5[nH]4)c3c2)c1. The molecule has 0 aliphatic heterocycles. The lowest BCUT2D eigenvalue weighted by molar-refractivity contribution is 0.402. The van der Waals surface area contributed by atoms with E-state index in [-0.39, 0.29) is 0 Å². The number of para-hydroxylation sites is 1. The predicted octanol–water partition coefficient (Wildman–Crippen LogP) is 5.49. The lowest BCUT2D eigenvalue weighted by Crippen LogP contribution is -2.10. The van der Waals surface area contributed by atoms with Crippen LogP contribution in [0.2, 0.25) is 0 Å². The van der Waals surface area contributed by atoms with Gasteiger partial charge in [0.2, 0.25) is 0 Å². The van der Waals surface area contributed by atoms with E-state index in [1.54, 1.807) is 12.5 Å². The van der Waals surface area contributed by atoms with E-state index in [1.807, 2.05) is 36.7 Å². The Hall–Kier alpha value is -4.23. The molecular formula is C26H22N6O. The molecule has 0 aliphatic rings. The molecule has 0 amide bonds. The number of aromatic amines is 2. The van der Waals surface area contributed by atoms with Crippen LogP contribution >= 0.6 is 0 Å². The lowest BCUT2D eigenvalue weighted by Gasteiger charge is -2.10. The molecule has 0 aliphatic carbocycles. The van der Waals surface area contributed by atoms with Gasteiger partial charge in [-0.3, -0.25) is 10.1 Å². The standard InChI is InChI=1S/C26H22N6O/c1-32(2)14-16-10-19(13-27-12-16)17-6-7-22-21(11-17)25(31-30-22)26-28-23-5-3-4-20(24(23)29-26)18-8-9-33-15-18/h3-13,15H,14H2,1-2H3,(H,28,29)(H,30,31). The molecule has 6 rings (SSSR count). The zero-order valence-electron chi connectivity index (χ0n) is 18.3. The first-order chi connectivity index (χ1) is 16.2. The van der Waals surface area contributed by atoms with Crippen molar-refractivity contribution in [2.75, 3.05) is 14.1 Å². The van der Waals surface area contributed by atoms with E-state index in [9.17, 15) is 0 Å². The molecule has 4 heterocycles. The van der Waals surface area contributed by atoms with E-state index in [0.717, 1.165) is 62.3 Å². The number of furan rings is 1. The number of fused-ring (bicyclic) bond motifs is 2. The maximum atomic E-state index is 5.28. The molecule has 0 unspecified atom stereocenters. The van der Waals surface area contributed by atoms with Crippen LogP contribution in [0.5, 0.6) is 0 Å². The smallest absolute Gasteiger partial charge is 0.159 e. The van der Waals surface area contributed by atoms with E-state index in [4.69, 9.17) is 9.40 Å². The minimum atomic E-state index is 0.726. The van der Waals surface area contributed by atoms with Crippen LogP contribution in [0.1, 0.15) is 5.56 Å². The Bertz CT molecular complexity index is 1580. The van der Waals surface area contributed by atoms with Crippen LogP contribution in [0.15, 0.2) is 77.9 Å². The Morgan fingerprint density at radius 3 is 2.73 bits per heavy atom. The fourth-order valence-corrected chi connectivity index (χ4v) is 4.27. The quantitative estimate of drug-likeness (QED) is 0.375. The molecule has 6 aromatic rings. The first kappa shape index (κ1) is 19.5. The summed E-state index contributed by atoms with van der Waals surface area (Å²) >= 11 is 0. The summed E-state index contributed by atoms with van der Waals surface area (Å²) in [6, 6.07) is 16.5. The molecule has 4 aromatic heterocycles.